The topological polar surface area (TPSA) is 71.0 Å². The van der Waals surface area contributed by atoms with E-state index >= 15 is 0 Å². The molecule has 0 radical (unpaired) electrons. The van der Waals surface area contributed by atoms with Crippen molar-refractivity contribution in [2.75, 3.05) is 52.6 Å². The van der Waals surface area contributed by atoms with Crippen molar-refractivity contribution < 1.29 is 19.4 Å². The van der Waals surface area contributed by atoms with Crippen LogP contribution in [-0.4, -0.2) is 74.6 Å². The van der Waals surface area contributed by atoms with Crippen molar-refractivity contribution >= 4 is 5.91 Å². The van der Waals surface area contributed by atoms with Crippen molar-refractivity contribution in [3.05, 3.63) is 0 Å². The summed E-state index contributed by atoms with van der Waals surface area (Å²) in [5, 5.41) is 12.7. The molecule has 1 saturated heterocycles. The van der Waals surface area contributed by atoms with Crippen LogP contribution in [0.3, 0.4) is 0 Å². The fourth-order valence-electron chi connectivity index (χ4n) is 2.17. The van der Waals surface area contributed by atoms with E-state index in [4.69, 9.17) is 9.47 Å². The highest BCUT2D eigenvalue weighted by atomic mass is 16.5. The molecular formula is C15H30N2O4. The van der Waals surface area contributed by atoms with Gasteiger partial charge in [-0.25, -0.2) is 0 Å². The molecule has 124 valence electrons. The number of nitrogens with zero attached hydrogens (tertiary/aromatic N) is 1. The van der Waals surface area contributed by atoms with Crippen molar-refractivity contribution in [2.45, 2.75) is 38.7 Å². The van der Waals surface area contributed by atoms with E-state index in [2.05, 4.69) is 12.2 Å². The van der Waals surface area contributed by atoms with Gasteiger partial charge in [0.1, 0.15) is 0 Å². The van der Waals surface area contributed by atoms with Crippen LogP contribution in [0.4, 0.5) is 0 Å². The van der Waals surface area contributed by atoms with Crippen LogP contribution in [0.1, 0.15) is 32.6 Å². The maximum Gasteiger partial charge on any atom is 0.236 e. The van der Waals surface area contributed by atoms with Crippen molar-refractivity contribution in [1.82, 2.24) is 10.2 Å². The van der Waals surface area contributed by atoms with Crippen molar-refractivity contribution in [2.24, 2.45) is 0 Å². The number of hydrogen-bond acceptors (Lipinski definition) is 5. The van der Waals surface area contributed by atoms with Gasteiger partial charge in [-0.3, -0.25) is 4.79 Å². The maximum absolute atomic E-state index is 11.7. The summed E-state index contributed by atoms with van der Waals surface area (Å²) in [6, 6.07) is 0. The van der Waals surface area contributed by atoms with E-state index in [1.807, 2.05) is 4.90 Å². The Morgan fingerprint density at radius 1 is 1.24 bits per heavy atom. The van der Waals surface area contributed by atoms with Crippen LogP contribution in [0.25, 0.3) is 0 Å². The van der Waals surface area contributed by atoms with Crippen molar-refractivity contribution in [3.8, 4) is 0 Å². The number of hydrogen-bond donors (Lipinski definition) is 2. The molecule has 6 nitrogen and oxygen atoms in total. The monoisotopic (exact) mass is 302 g/mol. The summed E-state index contributed by atoms with van der Waals surface area (Å²) >= 11 is 0. The van der Waals surface area contributed by atoms with Gasteiger partial charge in [0.25, 0.3) is 0 Å². The molecule has 1 amide bonds. The van der Waals surface area contributed by atoms with Gasteiger partial charge in [0.05, 0.1) is 32.5 Å². The quantitative estimate of drug-likeness (QED) is 0.510. The number of unbranched alkanes of at least 4 members (excludes halogenated alkanes) is 1. The van der Waals surface area contributed by atoms with Gasteiger partial charge in [-0.2, -0.15) is 0 Å². The molecular weight excluding hydrogens is 272 g/mol. The van der Waals surface area contributed by atoms with Crippen LogP contribution >= 0.6 is 0 Å². The Morgan fingerprint density at radius 3 is 2.67 bits per heavy atom. The SMILES string of the molecule is CCCCOCCOCC(O)CNCC(=O)N1CCCC1. The fourth-order valence-corrected chi connectivity index (χ4v) is 2.17. The summed E-state index contributed by atoms with van der Waals surface area (Å²) in [6.45, 7) is 6.60. The predicted molar refractivity (Wildman–Crippen MR) is 81.2 cm³/mol. The Bertz CT molecular complexity index is 270. The van der Waals surface area contributed by atoms with E-state index in [0.29, 0.717) is 19.8 Å². The van der Waals surface area contributed by atoms with E-state index in [9.17, 15) is 9.90 Å². The molecule has 6 heteroatoms. The van der Waals surface area contributed by atoms with E-state index in [1.165, 1.54) is 0 Å². The molecule has 0 aromatic heterocycles. The van der Waals surface area contributed by atoms with Crippen LogP contribution in [0, 0.1) is 0 Å². The molecule has 0 aromatic rings. The highest BCUT2D eigenvalue weighted by Crippen LogP contribution is 2.06. The van der Waals surface area contributed by atoms with Crippen LogP contribution < -0.4 is 5.32 Å². The number of ether oxygens (including phenoxy) is 2. The normalized spacial score (nSPS) is 16.4. The smallest absolute Gasteiger partial charge is 0.236 e. The van der Waals surface area contributed by atoms with Gasteiger partial charge < -0.3 is 24.8 Å². The lowest BCUT2D eigenvalue weighted by molar-refractivity contribution is -0.129. The minimum atomic E-state index is -0.591. The Hall–Kier alpha value is -0.690. The number of rotatable bonds is 12. The summed E-state index contributed by atoms with van der Waals surface area (Å²) in [4.78, 5) is 13.6. The van der Waals surface area contributed by atoms with E-state index in [0.717, 1.165) is 45.4 Å². The molecule has 21 heavy (non-hydrogen) atoms. The van der Waals surface area contributed by atoms with Crippen LogP contribution in [0.15, 0.2) is 0 Å². The first-order valence-corrected chi connectivity index (χ1v) is 8.06. The lowest BCUT2D eigenvalue weighted by Crippen LogP contribution is -2.39. The lowest BCUT2D eigenvalue weighted by atomic mass is 10.3. The zero-order valence-corrected chi connectivity index (χ0v) is 13.2. The van der Waals surface area contributed by atoms with Crippen LogP contribution in [0.5, 0.6) is 0 Å². The molecule has 2 N–H and O–H groups in total. The summed E-state index contributed by atoms with van der Waals surface area (Å²) in [7, 11) is 0. The van der Waals surface area contributed by atoms with Gasteiger partial charge in [0.15, 0.2) is 0 Å². The predicted octanol–water partition coefficient (Wildman–Crippen LogP) is 0.393. The Kier molecular flexibility index (Phi) is 10.4. The number of aliphatic hydroxyl groups excluding tert-OH is 1. The number of amides is 1. The van der Waals surface area contributed by atoms with Gasteiger partial charge in [-0.15, -0.1) is 0 Å². The Labute approximate surface area is 127 Å². The molecule has 1 aliphatic heterocycles. The highest BCUT2D eigenvalue weighted by molar-refractivity contribution is 5.78. The van der Waals surface area contributed by atoms with Crippen LogP contribution in [-0.2, 0) is 14.3 Å². The second kappa shape index (κ2) is 11.9. The minimum absolute atomic E-state index is 0.116. The molecule has 0 aliphatic carbocycles. The molecule has 1 heterocycles. The Morgan fingerprint density at radius 2 is 1.95 bits per heavy atom. The Balaban J connectivity index is 1.89. The number of nitrogens with one attached hydrogen (secondary N) is 1. The van der Waals surface area contributed by atoms with Gasteiger partial charge in [0.2, 0.25) is 5.91 Å². The van der Waals surface area contributed by atoms with Gasteiger partial charge in [-0.1, -0.05) is 13.3 Å². The second-order valence-corrected chi connectivity index (χ2v) is 5.41. The summed E-state index contributed by atoms with van der Waals surface area (Å²) in [5.41, 5.74) is 0. The fraction of sp³-hybridized carbons (Fsp3) is 0.933. The average Bonchev–Trinajstić information content (AvgIpc) is 3.00. The van der Waals surface area contributed by atoms with E-state index in [1.54, 1.807) is 0 Å². The third-order valence-electron chi connectivity index (χ3n) is 3.44. The lowest BCUT2D eigenvalue weighted by Gasteiger charge is -2.17. The third kappa shape index (κ3) is 9.03. The first kappa shape index (κ1) is 18.4. The molecule has 0 bridgehead atoms. The summed E-state index contributed by atoms with van der Waals surface area (Å²) in [6.07, 6.45) is 3.80. The number of likely N-dealkylation sites (tertiary alicyclic amines) is 1. The molecule has 0 aromatic carbocycles. The minimum Gasteiger partial charge on any atom is -0.389 e. The zero-order valence-electron chi connectivity index (χ0n) is 13.2. The molecule has 1 unspecified atom stereocenters. The molecule has 0 saturated carbocycles. The number of carbonyl (C=O) groups excluding carboxylic acids is 1. The molecule has 1 rings (SSSR count). The largest absolute Gasteiger partial charge is 0.389 e. The van der Waals surface area contributed by atoms with Gasteiger partial charge >= 0.3 is 0 Å². The zero-order chi connectivity index (χ0) is 15.3. The van der Waals surface area contributed by atoms with Crippen molar-refractivity contribution in [1.29, 1.82) is 0 Å². The van der Waals surface area contributed by atoms with Gasteiger partial charge in [0, 0.05) is 26.2 Å². The number of aliphatic hydroxyl groups is 1. The second-order valence-electron chi connectivity index (χ2n) is 5.41. The molecule has 1 aliphatic rings. The van der Waals surface area contributed by atoms with Crippen molar-refractivity contribution in [3.63, 3.8) is 0 Å². The highest BCUT2D eigenvalue weighted by Gasteiger charge is 2.17. The maximum atomic E-state index is 11.7. The van der Waals surface area contributed by atoms with E-state index < -0.39 is 6.10 Å². The summed E-state index contributed by atoms with van der Waals surface area (Å²) in [5.74, 6) is 0.116. The molecule has 1 fully saturated rings. The molecule has 0 spiro atoms. The first-order chi connectivity index (χ1) is 10.2. The van der Waals surface area contributed by atoms with Crippen LogP contribution in [0.2, 0.25) is 0 Å². The van der Waals surface area contributed by atoms with E-state index in [-0.39, 0.29) is 19.1 Å². The average molecular weight is 302 g/mol. The first-order valence-electron chi connectivity index (χ1n) is 8.06. The summed E-state index contributed by atoms with van der Waals surface area (Å²) < 4.78 is 10.7. The van der Waals surface area contributed by atoms with Gasteiger partial charge in [-0.05, 0) is 19.3 Å². The molecule has 1 atom stereocenters. The standard InChI is InChI=1S/C15H30N2O4/c1-2-3-8-20-9-10-21-13-14(18)11-16-12-15(19)17-6-4-5-7-17/h14,16,18H,2-13H2,1H3. The number of carbonyl (C=O) groups is 1. The third-order valence-corrected chi connectivity index (χ3v) is 3.44.